The van der Waals surface area contributed by atoms with Gasteiger partial charge in [-0.1, -0.05) is 79.4 Å². The third kappa shape index (κ3) is 3.92. The number of nitrogens with one attached hydrogen (secondary N) is 1. The van der Waals surface area contributed by atoms with Gasteiger partial charge in [-0.3, -0.25) is 4.79 Å². The molecule has 0 atom stereocenters. The van der Waals surface area contributed by atoms with Gasteiger partial charge in [-0.05, 0) is 24.5 Å². The van der Waals surface area contributed by atoms with Crippen molar-refractivity contribution in [3.05, 3.63) is 70.1 Å². The molecule has 1 N–H and O–H groups in total. The largest absolute Gasteiger partial charge is 0.283 e. The Morgan fingerprint density at radius 1 is 1.00 bits per heavy atom. The lowest BCUT2D eigenvalue weighted by atomic mass is 9.83. The summed E-state index contributed by atoms with van der Waals surface area (Å²) in [5.41, 5.74) is 4.82. The summed E-state index contributed by atoms with van der Waals surface area (Å²) >= 11 is 7.84. The molecular weight excluding hydrogens is 376 g/mol. The van der Waals surface area contributed by atoms with Crippen LogP contribution in [-0.2, 0) is 0 Å². The second-order valence-corrected chi connectivity index (χ2v) is 8.31. The van der Waals surface area contributed by atoms with Crippen LogP contribution in [-0.4, -0.2) is 11.6 Å². The molecule has 3 nitrogen and oxygen atoms in total. The first-order valence-electron chi connectivity index (χ1n) is 9.34. The minimum atomic E-state index is -0.245. The van der Waals surface area contributed by atoms with E-state index in [4.69, 9.17) is 11.6 Å². The van der Waals surface area contributed by atoms with Gasteiger partial charge < -0.3 is 0 Å². The quantitative estimate of drug-likeness (QED) is 0.409. The van der Waals surface area contributed by atoms with Gasteiger partial charge in [0.2, 0.25) is 0 Å². The summed E-state index contributed by atoms with van der Waals surface area (Å²) in [6.07, 6.45) is 5.95. The van der Waals surface area contributed by atoms with Crippen molar-refractivity contribution in [3.63, 3.8) is 0 Å². The lowest BCUT2D eigenvalue weighted by Crippen LogP contribution is -2.25. The molecule has 1 aliphatic carbocycles. The molecule has 1 saturated carbocycles. The maximum atomic E-state index is 12.8. The third-order valence-corrected chi connectivity index (χ3v) is 6.75. The van der Waals surface area contributed by atoms with E-state index in [1.807, 2.05) is 42.5 Å². The Morgan fingerprint density at radius 2 is 1.70 bits per heavy atom. The van der Waals surface area contributed by atoms with Crippen LogP contribution in [0.4, 0.5) is 0 Å². The molecule has 1 fully saturated rings. The van der Waals surface area contributed by atoms with Gasteiger partial charge in [0.25, 0.3) is 5.91 Å². The van der Waals surface area contributed by atoms with Gasteiger partial charge in [-0.25, -0.2) is 5.43 Å². The van der Waals surface area contributed by atoms with Crippen LogP contribution in [0.3, 0.4) is 0 Å². The highest BCUT2D eigenvalue weighted by atomic mass is 35.5. The normalized spacial score (nSPS) is 15.8. The molecule has 4 rings (SSSR count). The van der Waals surface area contributed by atoms with Gasteiger partial charge in [-0.15, -0.1) is 11.3 Å². The van der Waals surface area contributed by atoms with Crippen molar-refractivity contribution in [3.8, 4) is 0 Å². The van der Waals surface area contributed by atoms with Gasteiger partial charge >= 0.3 is 0 Å². The van der Waals surface area contributed by atoms with E-state index in [1.165, 1.54) is 30.6 Å². The van der Waals surface area contributed by atoms with Crippen molar-refractivity contribution in [1.82, 2.24) is 5.43 Å². The number of hydrogen-bond donors (Lipinski definition) is 1. The first-order chi connectivity index (χ1) is 13.2. The molecule has 27 heavy (non-hydrogen) atoms. The summed E-state index contributed by atoms with van der Waals surface area (Å²) in [6, 6.07) is 17.9. The molecule has 0 bridgehead atoms. The smallest absolute Gasteiger partial charge is 0.266 e. The van der Waals surface area contributed by atoms with Crippen LogP contribution in [0.25, 0.3) is 10.1 Å². The fourth-order valence-corrected chi connectivity index (χ4v) is 5.11. The lowest BCUT2D eigenvalue weighted by Gasteiger charge is -2.23. The molecule has 3 aromatic rings. The van der Waals surface area contributed by atoms with E-state index < -0.39 is 0 Å². The molecular formula is C22H21ClN2OS. The molecule has 0 saturated heterocycles. The fourth-order valence-electron chi connectivity index (χ4n) is 3.70. The zero-order valence-corrected chi connectivity index (χ0v) is 16.5. The number of nitrogens with zero attached hydrogens (tertiary/aromatic N) is 1. The zero-order chi connectivity index (χ0) is 18.6. The number of fused-ring (bicyclic) bond motifs is 1. The monoisotopic (exact) mass is 396 g/mol. The van der Waals surface area contributed by atoms with Crippen molar-refractivity contribution in [1.29, 1.82) is 0 Å². The predicted molar refractivity (Wildman–Crippen MR) is 114 cm³/mol. The number of hydrazone groups is 1. The maximum Gasteiger partial charge on any atom is 0.283 e. The van der Waals surface area contributed by atoms with Crippen molar-refractivity contribution in [2.45, 2.75) is 32.1 Å². The van der Waals surface area contributed by atoms with E-state index in [2.05, 4.69) is 22.7 Å². The molecule has 1 amide bonds. The molecule has 1 heterocycles. The first-order valence-corrected chi connectivity index (χ1v) is 10.5. The second kappa shape index (κ2) is 8.24. The number of rotatable bonds is 4. The van der Waals surface area contributed by atoms with E-state index in [0.29, 0.717) is 15.8 Å². The van der Waals surface area contributed by atoms with Crippen LogP contribution in [0.1, 0.15) is 47.3 Å². The van der Waals surface area contributed by atoms with E-state index in [9.17, 15) is 4.79 Å². The van der Waals surface area contributed by atoms with E-state index in [1.54, 1.807) is 0 Å². The maximum absolute atomic E-state index is 12.8. The van der Waals surface area contributed by atoms with Crippen LogP contribution in [0.2, 0.25) is 5.02 Å². The van der Waals surface area contributed by atoms with Crippen LogP contribution < -0.4 is 5.43 Å². The SMILES string of the molecule is O=C(NN=C(c1ccccc1)C1CCCCC1)c1sc2ccccc2c1Cl. The van der Waals surface area contributed by atoms with Crippen LogP contribution in [0.15, 0.2) is 59.7 Å². The summed E-state index contributed by atoms with van der Waals surface area (Å²) in [4.78, 5) is 13.3. The summed E-state index contributed by atoms with van der Waals surface area (Å²) < 4.78 is 1.01. The molecule has 138 valence electrons. The van der Waals surface area contributed by atoms with Gasteiger partial charge in [0.05, 0.1) is 10.7 Å². The number of carbonyl (C=O) groups is 1. The number of benzene rings is 2. The van der Waals surface area contributed by atoms with Crippen molar-refractivity contribution >= 4 is 44.6 Å². The average molecular weight is 397 g/mol. The van der Waals surface area contributed by atoms with E-state index in [-0.39, 0.29) is 5.91 Å². The second-order valence-electron chi connectivity index (χ2n) is 6.88. The molecule has 1 aliphatic rings. The lowest BCUT2D eigenvalue weighted by molar-refractivity contribution is 0.0959. The Bertz CT molecular complexity index is 974. The highest BCUT2D eigenvalue weighted by Gasteiger charge is 2.22. The summed E-state index contributed by atoms with van der Waals surface area (Å²) in [5, 5.41) is 5.98. The number of hydrogen-bond acceptors (Lipinski definition) is 3. The first kappa shape index (κ1) is 18.2. The van der Waals surface area contributed by atoms with Crippen molar-refractivity contribution in [2.75, 3.05) is 0 Å². The Kier molecular flexibility index (Phi) is 5.55. The van der Waals surface area contributed by atoms with E-state index >= 15 is 0 Å². The number of amides is 1. The fraction of sp³-hybridized carbons (Fsp3) is 0.273. The summed E-state index contributed by atoms with van der Waals surface area (Å²) in [6.45, 7) is 0. The van der Waals surface area contributed by atoms with Crippen LogP contribution in [0.5, 0.6) is 0 Å². The van der Waals surface area contributed by atoms with Crippen LogP contribution in [0, 0.1) is 5.92 Å². The topological polar surface area (TPSA) is 41.5 Å². The zero-order valence-electron chi connectivity index (χ0n) is 15.0. The number of carbonyl (C=O) groups excluding carboxylic acids is 1. The van der Waals surface area contributed by atoms with Gasteiger partial charge in [0.1, 0.15) is 4.88 Å². The van der Waals surface area contributed by atoms with Gasteiger partial charge in [0, 0.05) is 16.0 Å². The van der Waals surface area contributed by atoms with Gasteiger partial charge in [0.15, 0.2) is 0 Å². The Balaban J connectivity index is 1.62. The Labute approximate surface area is 168 Å². The Hall–Kier alpha value is -2.17. The highest BCUT2D eigenvalue weighted by Crippen LogP contribution is 2.35. The van der Waals surface area contributed by atoms with Crippen molar-refractivity contribution < 1.29 is 4.79 Å². The highest BCUT2D eigenvalue weighted by molar-refractivity contribution is 7.21. The Morgan fingerprint density at radius 3 is 2.44 bits per heavy atom. The molecule has 5 heteroatoms. The van der Waals surface area contributed by atoms with E-state index in [0.717, 1.165) is 34.2 Å². The molecule has 1 aromatic heterocycles. The minimum Gasteiger partial charge on any atom is -0.266 e. The third-order valence-electron chi connectivity index (χ3n) is 5.08. The predicted octanol–water partition coefficient (Wildman–Crippen LogP) is 6.27. The summed E-state index contributed by atoms with van der Waals surface area (Å²) in [5.74, 6) is 0.143. The molecule has 2 aromatic carbocycles. The molecule has 0 radical (unpaired) electrons. The summed E-state index contributed by atoms with van der Waals surface area (Å²) in [7, 11) is 0. The molecule has 0 spiro atoms. The van der Waals surface area contributed by atoms with Gasteiger partial charge in [-0.2, -0.15) is 5.10 Å². The van der Waals surface area contributed by atoms with Crippen LogP contribution >= 0.6 is 22.9 Å². The van der Waals surface area contributed by atoms with Crippen molar-refractivity contribution in [2.24, 2.45) is 11.0 Å². The average Bonchev–Trinajstić information content (AvgIpc) is 3.07. The molecule has 0 aliphatic heterocycles. The standard InChI is InChI=1S/C22H21ClN2OS/c23-19-17-13-7-8-14-18(17)27-21(19)22(26)25-24-20(15-9-3-1-4-10-15)16-11-5-2-6-12-16/h1,3-4,7-10,13-14,16H,2,5-6,11-12H2,(H,25,26). The molecule has 0 unspecified atom stereocenters. The number of halogens is 1. The number of thiophene rings is 1. The minimum absolute atomic E-state index is 0.245.